The molecule has 0 saturated carbocycles. The van der Waals surface area contributed by atoms with Crippen molar-refractivity contribution in [1.29, 1.82) is 0 Å². The van der Waals surface area contributed by atoms with Crippen LogP contribution < -0.4 is 5.73 Å². The predicted octanol–water partition coefficient (Wildman–Crippen LogP) is 2.44. The van der Waals surface area contributed by atoms with E-state index in [0.717, 1.165) is 15.8 Å². The van der Waals surface area contributed by atoms with Crippen molar-refractivity contribution < 1.29 is 8.42 Å². The number of nitrogens with zero attached hydrogens (tertiary/aromatic N) is 1. The van der Waals surface area contributed by atoms with E-state index in [-0.39, 0.29) is 0 Å². The largest absolute Gasteiger partial charge is 0.330 e. The lowest BCUT2D eigenvalue weighted by molar-refractivity contribution is 0.589. The first-order valence-electron chi connectivity index (χ1n) is 6.22. The smallest absolute Gasteiger partial charge is 0.268 e. The highest BCUT2D eigenvalue weighted by Gasteiger charge is 2.21. The van der Waals surface area contributed by atoms with Gasteiger partial charge < -0.3 is 5.73 Å². The van der Waals surface area contributed by atoms with Crippen LogP contribution in [0.4, 0.5) is 0 Å². The molecule has 0 radical (unpaired) electrons. The standard InChI is InChI=1S/C14H14N2O2S2/c15-8-6-11-10-16(14-13(11)7-9-19-14)20(17,18)12-4-2-1-3-5-12/h1-5,7,9-10H,6,8,15H2. The van der Waals surface area contributed by atoms with E-state index in [1.54, 1.807) is 36.5 Å². The minimum absolute atomic E-state index is 0.296. The Balaban J connectivity index is 2.22. The van der Waals surface area contributed by atoms with Crippen molar-refractivity contribution in [2.45, 2.75) is 11.3 Å². The van der Waals surface area contributed by atoms with Crippen LogP contribution in [0.2, 0.25) is 0 Å². The summed E-state index contributed by atoms with van der Waals surface area (Å²) in [4.78, 5) is 1.04. The maximum Gasteiger partial charge on any atom is 0.268 e. The normalized spacial score (nSPS) is 12.1. The summed E-state index contributed by atoms with van der Waals surface area (Å²) in [5, 5.41) is 2.88. The highest BCUT2D eigenvalue weighted by Crippen LogP contribution is 2.30. The van der Waals surface area contributed by atoms with Gasteiger partial charge in [-0.1, -0.05) is 18.2 Å². The fourth-order valence-corrected chi connectivity index (χ4v) is 4.78. The number of hydrogen-bond acceptors (Lipinski definition) is 4. The Morgan fingerprint density at radius 1 is 1.15 bits per heavy atom. The second-order valence-electron chi connectivity index (χ2n) is 4.45. The number of nitrogens with two attached hydrogens (primary N) is 1. The molecule has 0 aliphatic heterocycles. The van der Waals surface area contributed by atoms with Crippen LogP contribution in [0.15, 0.2) is 52.9 Å². The summed E-state index contributed by atoms with van der Waals surface area (Å²) in [6.45, 7) is 0.500. The number of rotatable bonds is 4. The third kappa shape index (κ3) is 2.06. The van der Waals surface area contributed by atoms with Gasteiger partial charge in [-0.25, -0.2) is 12.4 Å². The molecule has 4 nitrogen and oxygen atoms in total. The molecule has 0 saturated heterocycles. The van der Waals surface area contributed by atoms with E-state index in [1.807, 2.05) is 11.4 Å². The second-order valence-corrected chi connectivity index (χ2v) is 7.16. The van der Waals surface area contributed by atoms with Crippen LogP contribution in [0.5, 0.6) is 0 Å². The molecule has 2 N–H and O–H groups in total. The molecule has 0 atom stereocenters. The van der Waals surface area contributed by atoms with Gasteiger partial charge >= 0.3 is 0 Å². The molecule has 0 fully saturated rings. The first kappa shape index (κ1) is 13.4. The molecule has 0 spiro atoms. The van der Waals surface area contributed by atoms with Gasteiger partial charge in [0.25, 0.3) is 10.0 Å². The lowest BCUT2D eigenvalue weighted by atomic mass is 10.2. The zero-order valence-corrected chi connectivity index (χ0v) is 12.3. The summed E-state index contributed by atoms with van der Waals surface area (Å²) in [5.41, 5.74) is 6.57. The van der Waals surface area contributed by atoms with Crippen molar-refractivity contribution in [3.8, 4) is 0 Å². The van der Waals surface area contributed by atoms with Gasteiger partial charge in [-0.15, -0.1) is 11.3 Å². The van der Waals surface area contributed by atoms with Crippen LogP contribution in [-0.4, -0.2) is 18.9 Å². The van der Waals surface area contributed by atoms with E-state index in [0.29, 0.717) is 17.9 Å². The minimum Gasteiger partial charge on any atom is -0.330 e. The predicted molar refractivity (Wildman–Crippen MR) is 81.6 cm³/mol. The fraction of sp³-hybridized carbons (Fsp3) is 0.143. The lowest BCUT2D eigenvalue weighted by Crippen LogP contribution is -2.11. The zero-order chi connectivity index (χ0) is 14.2. The molecule has 0 unspecified atom stereocenters. The van der Waals surface area contributed by atoms with Gasteiger partial charge in [0.2, 0.25) is 0 Å². The molecule has 2 heterocycles. The highest BCUT2D eigenvalue weighted by atomic mass is 32.2. The van der Waals surface area contributed by atoms with Crippen LogP contribution >= 0.6 is 11.3 Å². The van der Waals surface area contributed by atoms with Crippen LogP contribution in [0.3, 0.4) is 0 Å². The van der Waals surface area contributed by atoms with E-state index < -0.39 is 10.0 Å². The van der Waals surface area contributed by atoms with Crippen LogP contribution in [0.25, 0.3) is 10.2 Å². The zero-order valence-electron chi connectivity index (χ0n) is 10.7. The molecule has 3 aromatic rings. The van der Waals surface area contributed by atoms with Crippen molar-refractivity contribution in [3.63, 3.8) is 0 Å². The molecule has 1 aromatic carbocycles. The van der Waals surface area contributed by atoms with E-state index >= 15 is 0 Å². The van der Waals surface area contributed by atoms with Gasteiger partial charge in [0.05, 0.1) is 4.90 Å². The average molecular weight is 306 g/mol. The number of benzene rings is 1. The third-order valence-corrected chi connectivity index (χ3v) is 5.88. The fourth-order valence-electron chi connectivity index (χ4n) is 2.23. The van der Waals surface area contributed by atoms with Gasteiger partial charge in [-0.2, -0.15) is 0 Å². The van der Waals surface area contributed by atoms with Gasteiger partial charge in [0, 0.05) is 11.6 Å². The Hall–Kier alpha value is -1.63. The first-order chi connectivity index (χ1) is 9.64. The molecule has 104 valence electrons. The Kier molecular flexibility index (Phi) is 3.37. The summed E-state index contributed by atoms with van der Waals surface area (Å²) in [5.74, 6) is 0. The summed E-state index contributed by atoms with van der Waals surface area (Å²) >= 11 is 1.43. The molecule has 6 heteroatoms. The number of fused-ring (bicyclic) bond motifs is 1. The topological polar surface area (TPSA) is 65.1 Å². The van der Waals surface area contributed by atoms with Gasteiger partial charge in [-0.3, -0.25) is 0 Å². The van der Waals surface area contributed by atoms with Crippen LogP contribution in [0, 0.1) is 0 Å². The summed E-state index contributed by atoms with van der Waals surface area (Å²) in [7, 11) is -3.55. The Labute approximate surface area is 121 Å². The average Bonchev–Trinajstić information content (AvgIpc) is 3.04. The van der Waals surface area contributed by atoms with Gasteiger partial charge in [0.15, 0.2) is 0 Å². The van der Waals surface area contributed by atoms with Gasteiger partial charge in [-0.05, 0) is 42.1 Å². The number of hydrogen-bond donors (Lipinski definition) is 1. The number of thiophene rings is 1. The Bertz CT molecular complexity index is 833. The van der Waals surface area contributed by atoms with Crippen molar-refractivity contribution in [2.24, 2.45) is 5.73 Å². The van der Waals surface area contributed by atoms with Crippen LogP contribution in [-0.2, 0) is 16.4 Å². The molecule has 0 amide bonds. The lowest BCUT2D eigenvalue weighted by Gasteiger charge is -2.05. The SMILES string of the molecule is NCCc1cn(S(=O)(=O)c2ccccc2)c2sccc12. The van der Waals surface area contributed by atoms with Crippen molar-refractivity contribution >= 4 is 31.6 Å². The van der Waals surface area contributed by atoms with Crippen molar-refractivity contribution in [2.75, 3.05) is 6.54 Å². The minimum atomic E-state index is -3.55. The molecule has 0 aliphatic rings. The third-order valence-electron chi connectivity index (χ3n) is 3.18. The number of aromatic nitrogens is 1. The van der Waals surface area contributed by atoms with Gasteiger partial charge in [0.1, 0.15) is 4.83 Å². The maximum atomic E-state index is 12.7. The molecular weight excluding hydrogens is 292 g/mol. The summed E-state index contributed by atoms with van der Waals surface area (Å²) in [6, 6.07) is 10.4. The van der Waals surface area contributed by atoms with E-state index in [9.17, 15) is 8.42 Å². The Morgan fingerprint density at radius 3 is 2.60 bits per heavy atom. The quantitative estimate of drug-likeness (QED) is 0.805. The van der Waals surface area contributed by atoms with Crippen LogP contribution in [0.1, 0.15) is 5.56 Å². The van der Waals surface area contributed by atoms with E-state index in [4.69, 9.17) is 5.73 Å². The Morgan fingerprint density at radius 2 is 1.90 bits per heavy atom. The van der Waals surface area contributed by atoms with E-state index in [2.05, 4.69) is 0 Å². The summed E-state index contributed by atoms with van der Waals surface area (Å²) in [6.07, 6.45) is 2.36. The molecule has 3 rings (SSSR count). The van der Waals surface area contributed by atoms with Crippen molar-refractivity contribution in [3.05, 3.63) is 53.5 Å². The monoisotopic (exact) mass is 306 g/mol. The molecule has 0 bridgehead atoms. The second kappa shape index (κ2) is 5.05. The molecular formula is C14H14N2O2S2. The molecule has 20 heavy (non-hydrogen) atoms. The maximum absolute atomic E-state index is 12.7. The molecule has 2 aromatic heterocycles. The highest BCUT2D eigenvalue weighted by molar-refractivity contribution is 7.90. The van der Waals surface area contributed by atoms with E-state index in [1.165, 1.54) is 15.3 Å². The summed E-state index contributed by atoms with van der Waals surface area (Å²) < 4.78 is 26.8. The molecule has 0 aliphatic carbocycles. The first-order valence-corrected chi connectivity index (χ1v) is 8.54. The van der Waals surface area contributed by atoms with Crippen molar-refractivity contribution in [1.82, 2.24) is 3.97 Å².